The predicted octanol–water partition coefficient (Wildman–Crippen LogP) is 3.60. The number of carbonyl (C=O) groups excluding carboxylic acids is 1. The van der Waals surface area contributed by atoms with Gasteiger partial charge >= 0.3 is 5.97 Å². The SMILES string of the molecule is CN(C)c1ccc(/C=C2/SC(=S)N(CCCCCC(=O)O)C2=O)cc1. The Balaban J connectivity index is 1.94. The smallest absolute Gasteiger partial charge is 0.303 e. The number of hydrogen-bond donors (Lipinski definition) is 1. The van der Waals surface area contributed by atoms with Gasteiger partial charge in [-0.1, -0.05) is 42.5 Å². The summed E-state index contributed by atoms with van der Waals surface area (Å²) >= 11 is 6.63. The van der Waals surface area contributed by atoms with Crippen LogP contribution in [-0.2, 0) is 9.59 Å². The number of unbranched alkanes of at least 4 members (excludes halogenated alkanes) is 2. The zero-order valence-electron chi connectivity index (χ0n) is 14.4. The summed E-state index contributed by atoms with van der Waals surface area (Å²) < 4.78 is 0.569. The largest absolute Gasteiger partial charge is 0.481 e. The third-order valence-electron chi connectivity index (χ3n) is 3.85. The number of carbonyl (C=O) groups is 2. The second-order valence-corrected chi connectivity index (χ2v) is 7.70. The molecule has 0 aliphatic carbocycles. The monoisotopic (exact) mass is 378 g/mol. The molecule has 0 spiro atoms. The standard InChI is InChI=1S/C18H22N2O3S2/c1-19(2)14-9-7-13(8-10-14)12-15-17(23)20(18(24)25-15)11-5-3-4-6-16(21)22/h7-10,12H,3-6,11H2,1-2H3,(H,21,22)/b15-12+. The van der Waals surface area contributed by atoms with Crippen LogP contribution in [0.25, 0.3) is 6.08 Å². The Kier molecular flexibility index (Phi) is 7.01. The van der Waals surface area contributed by atoms with E-state index in [1.807, 2.05) is 49.3 Å². The molecule has 1 heterocycles. The molecule has 0 radical (unpaired) electrons. The number of carboxylic acid groups (broad SMARTS) is 1. The Labute approximate surface area is 157 Å². The molecular formula is C18H22N2O3S2. The molecule has 1 N–H and O–H groups in total. The van der Waals surface area contributed by atoms with Gasteiger partial charge in [-0.15, -0.1) is 0 Å². The summed E-state index contributed by atoms with van der Waals surface area (Å²) in [6.07, 6.45) is 4.18. The van der Waals surface area contributed by atoms with Crippen molar-refractivity contribution in [2.45, 2.75) is 25.7 Å². The number of nitrogens with zero attached hydrogens (tertiary/aromatic N) is 2. The highest BCUT2D eigenvalue weighted by Crippen LogP contribution is 2.33. The van der Waals surface area contributed by atoms with Crippen molar-refractivity contribution in [1.29, 1.82) is 0 Å². The van der Waals surface area contributed by atoms with Gasteiger partial charge in [-0.3, -0.25) is 14.5 Å². The first-order valence-electron chi connectivity index (χ1n) is 8.13. The fraction of sp³-hybridized carbons (Fsp3) is 0.389. The fourth-order valence-electron chi connectivity index (χ4n) is 2.44. The molecule has 1 aliphatic heterocycles. The van der Waals surface area contributed by atoms with Crippen LogP contribution in [0.1, 0.15) is 31.2 Å². The highest BCUT2D eigenvalue weighted by molar-refractivity contribution is 8.26. The molecule has 25 heavy (non-hydrogen) atoms. The number of aliphatic carboxylic acids is 1. The van der Waals surface area contributed by atoms with Gasteiger partial charge in [-0.05, 0) is 36.6 Å². The van der Waals surface area contributed by atoms with Crippen LogP contribution >= 0.6 is 24.0 Å². The van der Waals surface area contributed by atoms with Crippen LogP contribution in [0, 0.1) is 0 Å². The molecular weight excluding hydrogens is 356 g/mol. The van der Waals surface area contributed by atoms with Crippen LogP contribution in [0.15, 0.2) is 29.2 Å². The van der Waals surface area contributed by atoms with E-state index in [2.05, 4.69) is 0 Å². The second kappa shape index (κ2) is 9.01. The normalized spacial score (nSPS) is 15.9. The van der Waals surface area contributed by atoms with Gasteiger partial charge < -0.3 is 10.0 Å². The summed E-state index contributed by atoms with van der Waals surface area (Å²) in [5.41, 5.74) is 2.07. The Bertz CT molecular complexity index is 684. The molecule has 5 nitrogen and oxygen atoms in total. The number of anilines is 1. The van der Waals surface area contributed by atoms with Crippen LogP contribution in [0.2, 0.25) is 0 Å². The van der Waals surface area contributed by atoms with Crippen molar-refractivity contribution in [3.63, 3.8) is 0 Å². The molecule has 2 rings (SSSR count). The molecule has 0 aromatic heterocycles. The zero-order chi connectivity index (χ0) is 18.4. The zero-order valence-corrected chi connectivity index (χ0v) is 16.0. The number of thiocarbonyl (C=S) groups is 1. The number of thioether (sulfide) groups is 1. The van der Waals surface area contributed by atoms with Gasteiger partial charge in [0.05, 0.1) is 4.91 Å². The number of hydrogen-bond acceptors (Lipinski definition) is 5. The first-order valence-corrected chi connectivity index (χ1v) is 9.35. The topological polar surface area (TPSA) is 60.9 Å². The summed E-state index contributed by atoms with van der Waals surface area (Å²) in [5, 5.41) is 8.63. The van der Waals surface area contributed by atoms with E-state index < -0.39 is 5.97 Å². The Morgan fingerprint density at radius 2 is 1.92 bits per heavy atom. The lowest BCUT2D eigenvalue weighted by atomic mass is 10.1. The van der Waals surface area contributed by atoms with Crippen molar-refractivity contribution in [3.05, 3.63) is 34.7 Å². The maximum absolute atomic E-state index is 12.5. The molecule has 1 aliphatic rings. The lowest BCUT2D eigenvalue weighted by Crippen LogP contribution is -2.29. The van der Waals surface area contributed by atoms with Crippen LogP contribution < -0.4 is 4.90 Å². The number of rotatable bonds is 8. The van der Waals surface area contributed by atoms with E-state index in [-0.39, 0.29) is 12.3 Å². The van der Waals surface area contributed by atoms with E-state index in [9.17, 15) is 9.59 Å². The molecule has 0 unspecified atom stereocenters. The Morgan fingerprint density at radius 3 is 2.52 bits per heavy atom. The molecule has 1 saturated heterocycles. The molecule has 1 fully saturated rings. The Morgan fingerprint density at radius 1 is 1.24 bits per heavy atom. The van der Waals surface area contributed by atoms with Gasteiger partial charge in [0.1, 0.15) is 4.32 Å². The average molecular weight is 379 g/mol. The van der Waals surface area contributed by atoms with Crippen LogP contribution in [0.5, 0.6) is 0 Å². The predicted molar refractivity (Wildman–Crippen MR) is 107 cm³/mol. The summed E-state index contributed by atoms with van der Waals surface area (Å²) in [4.78, 5) is 27.3. The third-order valence-corrected chi connectivity index (χ3v) is 5.23. The van der Waals surface area contributed by atoms with E-state index in [0.717, 1.165) is 24.1 Å². The molecule has 0 saturated carbocycles. The molecule has 1 aromatic rings. The van der Waals surface area contributed by atoms with Crippen LogP contribution in [-0.4, -0.2) is 46.8 Å². The summed E-state index contributed by atoms with van der Waals surface area (Å²) in [7, 11) is 3.97. The maximum atomic E-state index is 12.5. The minimum Gasteiger partial charge on any atom is -0.481 e. The van der Waals surface area contributed by atoms with Crippen molar-refractivity contribution in [3.8, 4) is 0 Å². The van der Waals surface area contributed by atoms with Gasteiger partial charge in [0, 0.05) is 32.7 Å². The van der Waals surface area contributed by atoms with Crippen LogP contribution in [0.3, 0.4) is 0 Å². The van der Waals surface area contributed by atoms with Gasteiger partial charge in [0.25, 0.3) is 5.91 Å². The molecule has 0 bridgehead atoms. The van der Waals surface area contributed by atoms with Crippen molar-refractivity contribution in [2.24, 2.45) is 0 Å². The van der Waals surface area contributed by atoms with Crippen LogP contribution in [0.4, 0.5) is 5.69 Å². The highest BCUT2D eigenvalue weighted by Gasteiger charge is 2.31. The minimum absolute atomic E-state index is 0.0649. The molecule has 7 heteroatoms. The Hall–Kier alpha value is -1.86. The van der Waals surface area contributed by atoms with Gasteiger partial charge in [0.15, 0.2) is 0 Å². The van der Waals surface area contributed by atoms with Crippen molar-refractivity contribution in [1.82, 2.24) is 4.90 Å². The van der Waals surface area contributed by atoms with Crippen molar-refractivity contribution < 1.29 is 14.7 Å². The third kappa shape index (κ3) is 5.57. The number of benzene rings is 1. The summed E-state index contributed by atoms with van der Waals surface area (Å²) in [5.74, 6) is -0.848. The first kappa shape index (κ1) is 19.5. The lowest BCUT2D eigenvalue weighted by Gasteiger charge is -2.13. The lowest BCUT2D eigenvalue weighted by molar-refractivity contribution is -0.137. The molecule has 1 aromatic carbocycles. The maximum Gasteiger partial charge on any atom is 0.303 e. The van der Waals surface area contributed by atoms with E-state index in [0.29, 0.717) is 22.2 Å². The quantitative estimate of drug-likeness (QED) is 0.424. The van der Waals surface area contributed by atoms with E-state index in [1.54, 1.807) is 4.90 Å². The van der Waals surface area contributed by atoms with E-state index in [4.69, 9.17) is 17.3 Å². The fourth-order valence-corrected chi connectivity index (χ4v) is 3.74. The molecule has 1 amide bonds. The number of amides is 1. The average Bonchev–Trinajstić information content (AvgIpc) is 2.82. The van der Waals surface area contributed by atoms with Gasteiger partial charge in [-0.2, -0.15) is 0 Å². The van der Waals surface area contributed by atoms with E-state index in [1.165, 1.54) is 11.8 Å². The van der Waals surface area contributed by atoms with E-state index >= 15 is 0 Å². The highest BCUT2D eigenvalue weighted by atomic mass is 32.2. The van der Waals surface area contributed by atoms with Gasteiger partial charge in [-0.25, -0.2) is 0 Å². The van der Waals surface area contributed by atoms with Crippen molar-refractivity contribution in [2.75, 3.05) is 25.5 Å². The minimum atomic E-state index is -0.783. The summed E-state index contributed by atoms with van der Waals surface area (Å²) in [6, 6.07) is 7.98. The summed E-state index contributed by atoms with van der Waals surface area (Å²) in [6.45, 7) is 0.543. The van der Waals surface area contributed by atoms with Crippen molar-refractivity contribution >= 4 is 51.9 Å². The molecule has 0 atom stereocenters. The molecule has 134 valence electrons. The first-order chi connectivity index (χ1) is 11.9. The number of carboxylic acids is 1. The second-order valence-electron chi connectivity index (χ2n) is 6.02. The van der Waals surface area contributed by atoms with Gasteiger partial charge in [0.2, 0.25) is 0 Å².